The molecule has 3 rings (SSSR count). The van der Waals surface area contributed by atoms with E-state index in [1.807, 2.05) is 24.3 Å². The summed E-state index contributed by atoms with van der Waals surface area (Å²) < 4.78 is 5.75. The lowest BCUT2D eigenvalue weighted by Crippen LogP contribution is -2.40. The molecule has 0 unspecified atom stereocenters. The van der Waals surface area contributed by atoms with Crippen molar-refractivity contribution in [3.8, 4) is 5.75 Å². The van der Waals surface area contributed by atoms with E-state index in [1.165, 1.54) is 30.4 Å². The molecular formula is C25H34N2O2. The molecule has 1 N–H and O–H groups in total. The van der Waals surface area contributed by atoms with Gasteiger partial charge in [0.25, 0.3) is 5.91 Å². The van der Waals surface area contributed by atoms with Crippen molar-refractivity contribution in [2.75, 3.05) is 26.2 Å². The smallest absolute Gasteiger partial charge is 0.251 e. The third kappa shape index (κ3) is 6.33. The Kier molecular flexibility index (Phi) is 8.12. The van der Waals surface area contributed by atoms with E-state index in [4.69, 9.17) is 4.74 Å². The summed E-state index contributed by atoms with van der Waals surface area (Å²) in [5, 5.41) is 3.17. The van der Waals surface area contributed by atoms with E-state index < -0.39 is 0 Å². The maximum absolute atomic E-state index is 12.8. The first-order valence-corrected chi connectivity index (χ1v) is 11.0. The second kappa shape index (κ2) is 11.0. The van der Waals surface area contributed by atoms with Crippen molar-refractivity contribution >= 4 is 5.91 Å². The quantitative estimate of drug-likeness (QED) is 0.600. The molecule has 2 aromatic carbocycles. The molecule has 0 aliphatic carbocycles. The topological polar surface area (TPSA) is 41.6 Å². The van der Waals surface area contributed by atoms with Gasteiger partial charge in [0, 0.05) is 12.1 Å². The fourth-order valence-electron chi connectivity index (χ4n) is 3.83. The Labute approximate surface area is 175 Å². The van der Waals surface area contributed by atoms with E-state index in [2.05, 4.69) is 48.3 Å². The molecule has 0 bridgehead atoms. The summed E-state index contributed by atoms with van der Waals surface area (Å²) >= 11 is 0. The summed E-state index contributed by atoms with van der Waals surface area (Å²) in [6, 6.07) is 16.4. The largest absolute Gasteiger partial charge is 0.494 e. The zero-order valence-corrected chi connectivity index (χ0v) is 17.8. The Morgan fingerprint density at radius 1 is 1.10 bits per heavy atom. The van der Waals surface area contributed by atoms with E-state index in [-0.39, 0.29) is 11.9 Å². The number of ether oxygens (including phenoxy) is 1. The molecule has 1 aliphatic rings. The second-order valence-electron chi connectivity index (χ2n) is 7.96. The molecule has 1 saturated heterocycles. The minimum atomic E-state index is -0.0416. The molecule has 29 heavy (non-hydrogen) atoms. The van der Waals surface area contributed by atoms with E-state index in [9.17, 15) is 4.79 Å². The van der Waals surface area contributed by atoms with Crippen molar-refractivity contribution in [3.05, 3.63) is 65.2 Å². The first kappa shape index (κ1) is 21.4. The minimum absolute atomic E-state index is 0.0416. The lowest BCUT2D eigenvalue weighted by atomic mass is 10.0. The summed E-state index contributed by atoms with van der Waals surface area (Å²) in [6.45, 7) is 7.73. The van der Waals surface area contributed by atoms with Crippen LogP contribution in [0.25, 0.3) is 0 Å². The zero-order valence-electron chi connectivity index (χ0n) is 17.8. The van der Waals surface area contributed by atoms with Crippen LogP contribution in [0.15, 0.2) is 48.5 Å². The standard InChI is InChI=1S/C25H34N2O2/c1-3-4-17-29-23-10-8-9-22(18-23)25(28)26-19-24(27-15-6-5-7-16-27)21-13-11-20(2)12-14-21/h8-14,18,24H,3-7,15-17,19H2,1-2H3,(H,26,28)/t24-/m1/s1. The number of hydrogen-bond donors (Lipinski definition) is 1. The molecule has 1 heterocycles. The van der Waals surface area contributed by atoms with Crippen molar-refractivity contribution in [2.24, 2.45) is 0 Å². The third-order valence-electron chi connectivity index (χ3n) is 5.61. The molecule has 0 aromatic heterocycles. The molecule has 1 atom stereocenters. The molecule has 1 aliphatic heterocycles. The number of rotatable bonds is 9. The molecule has 1 fully saturated rings. The molecule has 1 amide bonds. The van der Waals surface area contributed by atoms with Crippen molar-refractivity contribution in [2.45, 2.75) is 52.0 Å². The van der Waals surface area contributed by atoms with Crippen LogP contribution in [0.5, 0.6) is 5.75 Å². The average Bonchev–Trinajstić information content (AvgIpc) is 2.76. The van der Waals surface area contributed by atoms with Gasteiger partial charge in [-0.2, -0.15) is 0 Å². The van der Waals surface area contributed by atoms with Crippen molar-refractivity contribution in [1.82, 2.24) is 10.2 Å². The van der Waals surface area contributed by atoms with Gasteiger partial charge in [0.2, 0.25) is 0 Å². The molecule has 2 aromatic rings. The van der Waals surface area contributed by atoms with Crippen LogP contribution < -0.4 is 10.1 Å². The maximum Gasteiger partial charge on any atom is 0.251 e. The number of aryl methyl sites for hydroxylation is 1. The maximum atomic E-state index is 12.8. The van der Waals surface area contributed by atoms with Gasteiger partial charge in [0.1, 0.15) is 5.75 Å². The van der Waals surface area contributed by atoms with E-state index >= 15 is 0 Å². The number of carbonyl (C=O) groups is 1. The van der Waals surface area contributed by atoms with Crippen LogP contribution in [0.3, 0.4) is 0 Å². The summed E-state index contributed by atoms with van der Waals surface area (Å²) in [6.07, 6.45) is 5.87. The van der Waals surface area contributed by atoms with E-state index in [0.29, 0.717) is 18.7 Å². The number of piperidine rings is 1. The molecule has 156 valence electrons. The zero-order chi connectivity index (χ0) is 20.5. The van der Waals surface area contributed by atoms with Gasteiger partial charge in [-0.15, -0.1) is 0 Å². The third-order valence-corrected chi connectivity index (χ3v) is 5.61. The molecule has 0 radical (unpaired) electrons. The number of nitrogens with one attached hydrogen (secondary N) is 1. The van der Waals surface area contributed by atoms with Gasteiger partial charge in [0.05, 0.1) is 12.6 Å². The van der Waals surface area contributed by atoms with Gasteiger partial charge >= 0.3 is 0 Å². The highest BCUT2D eigenvalue weighted by Gasteiger charge is 2.23. The van der Waals surface area contributed by atoms with Crippen LogP contribution in [-0.4, -0.2) is 37.0 Å². The normalized spacial score (nSPS) is 15.7. The van der Waals surface area contributed by atoms with Crippen molar-refractivity contribution in [1.29, 1.82) is 0 Å². The Morgan fingerprint density at radius 2 is 1.86 bits per heavy atom. The highest BCUT2D eigenvalue weighted by Crippen LogP contribution is 2.25. The number of unbranched alkanes of at least 4 members (excludes halogenated alkanes) is 1. The highest BCUT2D eigenvalue weighted by atomic mass is 16.5. The molecule has 4 heteroatoms. The number of amides is 1. The van der Waals surface area contributed by atoms with E-state index in [0.717, 1.165) is 31.7 Å². The Hall–Kier alpha value is -2.33. The number of likely N-dealkylation sites (tertiary alicyclic amines) is 1. The number of benzene rings is 2. The fraction of sp³-hybridized carbons (Fsp3) is 0.480. The van der Waals surface area contributed by atoms with Crippen LogP contribution >= 0.6 is 0 Å². The average molecular weight is 395 g/mol. The highest BCUT2D eigenvalue weighted by molar-refractivity contribution is 5.94. The van der Waals surface area contributed by atoms with Gasteiger partial charge in [0.15, 0.2) is 0 Å². The Balaban J connectivity index is 1.66. The van der Waals surface area contributed by atoms with E-state index in [1.54, 1.807) is 0 Å². The Bertz CT molecular complexity index is 767. The number of carbonyl (C=O) groups excluding carboxylic acids is 1. The molecular weight excluding hydrogens is 360 g/mol. The van der Waals surface area contributed by atoms with Gasteiger partial charge in [-0.1, -0.05) is 55.7 Å². The van der Waals surface area contributed by atoms with Crippen LogP contribution in [0.2, 0.25) is 0 Å². The summed E-state index contributed by atoms with van der Waals surface area (Å²) in [5.41, 5.74) is 3.19. The van der Waals surface area contributed by atoms with Crippen LogP contribution in [0.4, 0.5) is 0 Å². The molecule has 4 nitrogen and oxygen atoms in total. The first-order chi connectivity index (χ1) is 14.2. The Morgan fingerprint density at radius 3 is 2.59 bits per heavy atom. The lowest BCUT2D eigenvalue weighted by molar-refractivity contribution is 0.0924. The summed E-state index contributed by atoms with van der Waals surface area (Å²) in [4.78, 5) is 15.3. The second-order valence-corrected chi connectivity index (χ2v) is 7.96. The number of nitrogens with zero attached hydrogens (tertiary/aromatic N) is 1. The van der Waals surface area contributed by atoms with Crippen molar-refractivity contribution in [3.63, 3.8) is 0 Å². The fourth-order valence-corrected chi connectivity index (χ4v) is 3.83. The summed E-state index contributed by atoms with van der Waals surface area (Å²) in [7, 11) is 0. The van der Waals surface area contributed by atoms with Gasteiger partial charge in [-0.3, -0.25) is 9.69 Å². The monoisotopic (exact) mass is 394 g/mol. The molecule has 0 spiro atoms. The SMILES string of the molecule is CCCCOc1cccc(C(=O)NC[C@H](c2ccc(C)cc2)N2CCCCC2)c1. The number of hydrogen-bond acceptors (Lipinski definition) is 3. The van der Waals surface area contributed by atoms with Crippen LogP contribution in [0, 0.1) is 6.92 Å². The van der Waals surface area contributed by atoms with Gasteiger partial charge in [-0.25, -0.2) is 0 Å². The van der Waals surface area contributed by atoms with Gasteiger partial charge < -0.3 is 10.1 Å². The predicted octanol–water partition coefficient (Wildman–Crippen LogP) is 5.13. The van der Waals surface area contributed by atoms with Gasteiger partial charge in [-0.05, 0) is 63.0 Å². The van der Waals surface area contributed by atoms with Crippen molar-refractivity contribution < 1.29 is 9.53 Å². The lowest BCUT2D eigenvalue weighted by Gasteiger charge is -2.35. The minimum Gasteiger partial charge on any atom is -0.494 e. The first-order valence-electron chi connectivity index (χ1n) is 11.0. The summed E-state index contributed by atoms with van der Waals surface area (Å²) in [5.74, 6) is 0.720. The molecule has 0 saturated carbocycles. The van der Waals surface area contributed by atoms with Crippen LogP contribution in [-0.2, 0) is 0 Å². The van der Waals surface area contributed by atoms with Crippen LogP contribution in [0.1, 0.15) is 66.6 Å². The predicted molar refractivity (Wildman–Crippen MR) is 119 cm³/mol.